The summed E-state index contributed by atoms with van der Waals surface area (Å²) in [5.41, 5.74) is 0.452. The van der Waals surface area contributed by atoms with E-state index in [1.165, 1.54) is 6.42 Å². The summed E-state index contributed by atoms with van der Waals surface area (Å²) in [4.78, 5) is 28.0. The summed E-state index contributed by atoms with van der Waals surface area (Å²) in [7, 11) is -3.14. The van der Waals surface area contributed by atoms with E-state index in [9.17, 15) is 18.0 Å². The fourth-order valence-electron chi connectivity index (χ4n) is 6.98. The van der Waals surface area contributed by atoms with Crippen molar-refractivity contribution in [2.45, 2.75) is 61.9 Å². The quantitative estimate of drug-likeness (QED) is 0.421. The average molecular weight is 524 g/mol. The van der Waals surface area contributed by atoms with Gasteiger partial charge in [0, 0.05) is 16.9 Å². The Kier molecular flexibility index (Phi) is 5.68. The molecule has 1 saturated heterocycles. The third kappa shape index (κ3) is 4.37. The zero-order chi connectivity index (χ0) is 22.6. The summed E-state index contributed by atoms with van der Waals surface area (Å²) in [6.45, 7) is -0.00814. The molecule has 5 fully saturated rings. The van der Waals surface area contributed by atoms with Crippen molar-refractivity contribution in [1.29, 1.82) is 0 Å². The van der Waals surface area contributed by atoms with Gasteiger partial charge in [0.25, 0.3) is 5.91 Å². The molecule has 32 heavy (non-hydrogen) atoms. The number of benzene rings is 1. The second kappa shape index (κ2) is 8.12. The standard InChI is InChI=1S/C24H30BrNO5S/c25-24-11-18-8-19(12-24)10-23(9-18,16-24)22(28)31-14-21(27)26(13-17-4-2-1-3-5-17)20-6-7-32(29,30)15-20/h1-5,18-20H,6-16H2/t18-,19-,20-,23?,24?/m0/s1. The van der Waals surface area contributed by atoms with Crippen molar-refractivity contribution in [3.8, 4) is 0 Å². The zero-order valence-corrected chi connectivity index (χ0v) is 20.6. The number of carbonyl (C=O) groups is 2. The second-order valence-electron chi connectivity index (χ2n) is 10.5. The number of ether oxygens (including phenoxy) is 1. The van der Waals surface area contributed by atoms with Gasteiger partial charge in [-0.05, 0) is 62.3 Å². The first-order valence-electron chi connectivity index (χ1n) is 11.6. The van der Waals surface area contributed by atoms with E-state index in [1.54, 1.807) is 4.90 Å². The summed E-state index contributed by atoms with van der Waals surface area (Å²) in [5, 5.41) is 0. The van der Waals surface area contributed by atoms with Crippen LogP contribution >= 0.6 is 15.9 Å². The number of hydrogen-bond donors (Lipinski definition) is 0. The van der Waals surface area contributed by atoms with Crippen molar-refractivity contribution in [3.05, 3.63) is 35.9 Å². The molecular weight excluding hydrogens is 494 g/mol. The van der Waals surface area contributed by atoms with E-state index >= 15 is 0 Å². The van der Waals surface area contributed by atoms with Gasteiger partial charge in [0.05, 0.1) is 16.9 Å². The van der Waals surface area contributed by atoms with Crippen molar-refractivity contribution < 1.29 is 22.7 Å². The highest BCUT2D eigenvalue weighted by Crippen LogP contribution is 2.64. The Balaban J connectivity index is 1.28. The first-order valence-corrected chi connectivity index (χ1v) is 14.2. The SMILES string of the molecule is O=C(COC(=O)C12C[C@@H]3C[C@H](CC(Br)(C3)C1)C2)N(Cc1ccccc1)[C@H]1CCS(=O)(=O)C1. The average Bonchev–Trinajstić information content (AvgIpc) is 3.08. The molecule has 0 unspecified atom stereocenters. The Morgan fingerprint density at radius 2 is 1.78 bits per heavy atom. The lowest BCUT2D eigenvalue weighted by molar-refractivity contribution is -0.173. The van der Waals surface area contributed by atoms with Crippen LogP contribution in [0.5, 0.6) is 0 Å². The molecule has 4 saturated carbocycles. The van der Waals surface area contributed by atoms with Crippen molar-refractivity contribution in [3.63, 3.8) is 0 Å². The number of amides is 1. The maximum atomic E-state index is 13.2. The molecule has 0 spiro atoms. The zero-order valence-electron chi connectivity index (χ0n) is 18.2. The number of halogens is 1. The van der Waals surface area contributed by atoms with E-state index in [2.05, 4.69) is 15.9 Å². The minimum absolute atomic E-state index is 0.0288. The van der Waals surface area contributed by atoms with E-state index < -0.39 is 15.3 Å². The normalized spacial score (nSPS) is 36.7. The van der Waals surface area contributed by atoms with Crippen molar-refractivity contribution >= 4 is 37.6 Å². The molecule has 0 radical (unpaired) electrons. The minimum Gasteiger partial charge on any atom is -0.455 e. The predicted molar refractivity (Wildman–Crippen MR) is 124 cm³/mol. The molecule has 6 rings (SSSR count). The summed E-state index contributed by atoms with van der Waals surface area (Å²) >= 11 is 3.92. The molecule has 1 heterocycles. The maximum absolute atomic E-state index is 13.2. The van der Waals surface area contributed by atoms with Crippen LogP contribution in [0, 0.1) is 17.3 Å². The summed E-state index contributed by atoms with van der Waals surface area (Å²) in [5.74, 6) is 0.605. The third-order valence-corrected chi connectivity index (χ3v) is 10.6. The monoisotopic (exact) mass is 523 g/mol. The molecule has 1 aromatic rings. The van der Waals surface area contributed by atoms with E-state index in [1.807, 2.05) is 30.3 Å². The Morgan fingerprint density at radius 3 is 2.38 bits per heavy atom. The number of sulfone groups is 1. The molecule has 8 heteroatoms. The van der Waals surface area contributed by atoms with Crippen molar-refractivity contribution in [1.82, 2.24) is 4.90 Å². The topological polar surface area (TPSA) is 80.8 Å². The van der Waals surface area contributed by atoms with E-state index in [4.69, 9.17) is 4.74 Å². The summed E-state index contributed by atoms with van der Waals surface area (Å²) < 4.78 is 29.8. The number of hydrogen-bond acceptors (Lipinski definition) is 5. The highest BCUT2D eigenvalue weighted by molar-refractivity contribution is 9.10. The summed E-state index contributed by atoms with van der Waals surface area (Å²) in [6.07, 6.45) is 6.37. The lowest BCUT2D eigenvalue weighted by Crippen LogP contribution is -2.56. The molecule has 1 amide bonds. The molecule has 6 nitrogen and oxygen atoms in total. The third-order valence-electron chi connectivity index (χ3n) is 7.91. The highest BCUT2D eigenvalue weighted by Gasteiger charge is 2.60. The lowest BCUT2D eigenvalue weighted by Gasteiger charge is -2.58. The highest BCUT2D eigenvalue weighted by atomic mass is 79.9. The maximum Gasteiger partial charge on any atom is 0.312 e. The van der Waals surface area contributed by atoms with Crippen LogP contribution < -0.4 is 0 Å². The van der Waals surface area contributed by atoms with Gasteiger partial charge in [0.1, 0.15) is 0 Å². The van der Waals surface area contributed by atoms with E-state index in [-0.39, 0.29) is 40.4 Å². The Hall–Kier alpha value is -1.41. The van der Waals surface area contributed by atoms with Crippen LogP contribution in [0.2, 0.25) is 0 Å². The summed E-state index contributed by atoms with van der Waals surface area (Å²) in [6, 6.07) is 9.15. The first kappa shape index (κ1) is 22.4. The van der Waals surface area contributed by atoms with Crippen molar-refractivity contribution in [2.75, 3.05) is 18.1 Å². The molecule has 0 aromatic heterocycles. The number of nitrogens with zero attached hydrogens (tertiary/aromatic N) is 1. The molecule has 3 atom stereocenters. The Bertz CT molecular complexity index is 996. The van der Waals surface area contributed by atoms with Gasteiger partial charge in [-0.1, -0.05) is 46.3 Å². The first-order chi connectivity index (χ1) is 15.2. The fourth-order valence-corrected chi connectivity index (χ4v) is 10.2. The van der Waals surface area contributed by atoms with Crippen LogP contribution in [0.25, 0.3) is 0 Å². The second-order valence-corrected chi connectivity index (χ2v) is 14.4. The van der Waals surface area contributed by atoms with Gasteiger partial charge in [0.15, 0.2) is 16.4 Å². The molecule has 1 aromatic carbocycles. The van der Waals surface area contributed by atoms with Gasteiger partial charge in [-0.25, -0.2) is 8.42 Å². The number of rotatable bonds is 6. The molecule has 1 aliphatic heterocycles. The van der Waals surface area contributed by atoms with Crippen LogP contribution in [0.15, 0.2) is 30.3 Å². The number of esters is 1. The van der Waals surface area contributed by atoms with Gasteiger partial charge in [-0.2, -0.15) is 0 Å². The molecule has 4 aliphatic carbocycles. The molecule has 4 bridgehead atoms. The Labute approximate surface area is 198 Å². The fraction of sp³-hybridized carbons (Fsp3) is 0.667. The van der Waals surface area contributed by atoms with Gasteiger partial charge in [-0.3, -0.25) is 9.59 Å². The largest absolute Gasteiger partial charge is 0.455 e. The smallest absolute Gasteiger partial charge is 0.312 e. The number of carbonyl (C=O) groups excluding carboxylic acids is 2. The van der Waals surface area contributed by atoms with Gasteiger partial charge >= 0.3 is 5.97 Å². The van der Waals surface area contributed by atoms with Crippen LogP contribution in [-0.2, 0) is 30.7 Å². The molecule has 174 valence electrons. The minimum atomic E-state index is -3.14. The molecular formula is C24H30BrNO5S. The van der Waals surface area contributed by atoms with Gasteiger partial charge < -0.3 is 9.64 Å². The van der Waals surface area contributed by atoms with E-state index in [0.29, 0.717) is 24.8 Å². The van der Waals surface area contributed by atoms with Crippen LogP contribution in [0.3, 0.4) is 0 Å². The van der Waals surface area contributed by atoms with E-state index in [0.717, 1.165) is 37.7 Å². The van der Waals surface area contributed by atoms with Crippen LogP contribution in [0.1, 0.15) is 50.5 Å². The Morgan fingerprint density at radius 1 is 1.09 bits per heavy atom. The lowest BCUT2D eigenvalue weighted by atomic mass is 9.49. The molecule has 5 aliphatic rings. The van der Waals surface area contributed by atoms with Crippen LogP contribution in [0.4, 0.5) is 0 Å². The molecule has 0 N–H and O–H groups in total. The number of alkyl halides is 1. The van der Waals surface area contributed by atoms with Gasteiger partial charge in [0.2, 0.25) is 0 Å². The predicted octanol–water partition coefficient (Wildman–Crippen LogP) is 3.48. The van der Waals surface area contributed by atoms with Gasteiger partial charge in [-0.15, -0.1) is 0 Å². The van der Waals surface area contributed by atoms with Crippen molar-refractivity contribution in [2.24, 2.45) is 17.3 Å². The van der Waals surface area contributed by atoms with Crippen LogP contribution in [-0.4, -0.2) is 53.7 Å².